The summed E-state index contributed by atoms with van der Waals surface area (Å²) in [5, 5.41) is 19.9. The Morgan fingerprint density at radius 2 is 0.974 bits per heavy atom. The topological polar surface area (TPSA) is 58.9 Å². The standard InChI is InChI=1S/C32H52O4Si2/c1-21(2)37(22(3)4,23(5)6)35-31-16-15-28(14-13-27-17-29(33)19-30(34)18-27)32(20-31)36-38(24(7)8,25(9)10)26(11)12/h13-26,33-34H,1-12H3/b14-13+. The second-order valence-electron chi connectivity index (χ2n) is 12.7. The number of benzene rings is 2. The van der Waals surface area contributed by atoms with Crippen molar-refractivity contribution in [2.75, 3.05) is 0 Å². The summed E-state index contributed by atoms with van der Waals surface area (Å²) in [7, 11) is -4.37. The van der Waals surface area contributed by atoms with E-state index in [9.17, 15) is 10.2 Å². The first kappa shape index (κ1) is 32.0. The maximum atomic E-state index is 9.93. The highest BCUT2D eigenvalue weighted by molar-refractivity contribution is 6.78. The van der Waals surface area contributed by atoms with E-state index in [1.54, 1.807) is 12.1 Å². The van der Waals surface area contributed by atoms with Gasteiger partial charge in [0.15, 0.2) is 0 Å². The summed E-state index contributed by atoms with van der Waals surface area (Å²) in [5.74, 6) is 1.81. The van der Waals surface area contributed by atoms with Gasteiger partial charge in [0, 0.05) is 17.7 Å². The molecule has 0 saturated heterocycles. The van der Waals surface area contributed by atoms with E-state index < -0.39 is 16.6 Å². The number of phenolic OH excluding ortho intramolecular Hbond substituents is 2. The molecule has 212 valence electrons. The number of hydrogen-bond acceptors (Lipinski definition) is 4. The summed E-state index contributed by atoms with van der Waals surface area (Å²) in [6.45, 7) is 27.6. The molecule has 0 bridgehead atoms. The zero-order valence-electron chi connectivity index (χ0n) is 25.8. The van der Waals surface area contributed by atoms with Gasteiger partial charge in [0.1, 0.15) is 23.0 Å². The van der Waals surface area contributed by atoms with Gasteiger partial charge in [0.05, 0.1) is 0 Å². The molecule has 0 saturated carbocycles. The number of hydrogen-bond donors (Lipinski definition) is 2. The van der Waals surface area contributed by atoms with Crippen LogP contribution < -0.4 is 8.85 Å². The summed E-state index contributed by atoms with van der Waals surface area (Å²) in [6, 6.07) is 10.9. The fourth-order valence-electron chi connectivity index (χ4n) is 6.81. The second-order valence-corrected chi connectivity index (χ2v) is 23.4. The van der Waals surface area contributed by atoms with Gasteiger partial charge in [-0.3, -0.25) is 0 Å². The van der Waals surface area contributed by atoms with Gasteiger partial charge in [-0.25, -0.2) is 0 Å². The number of phenols is 2. The molecular weight excluding hydrogens is 505 g/mol. The van der Waals surface area contributed by atoms with E-state index in [0.29, 0.717) is 33.2 Å². The summed E-state index contributed by atoms with van der Waals surface area (Å²) in [6.07, 6.45) is 3.91. The molecule has 2 N–H and O–H groups in total. The van der Waals surface area contributed by atoms with Crippen LogP contribution in [-0.4, -0.2) is 26.8 Å². The van der Waals surface area contributed by atoms with Crippen LogP contribution in [0.2, 0.25) is 33.2 Å². The van der Waals surface area contributed by atoms with Crippen LogP contribution in [-0.2, 0) is 0 Å². The van der Waals surface area contributed by atoms with E-state index in [1.807, 2.05) is 12.2 Å². The first-order valence-electron chi connectivity index (χ1n) is 14.3. The Bertz CT molecular complexity index is 1020. The largest absolute Gasteiger partial charge is 0.543 e. The van der Waals surface area contributed by atoms with Gasteiger partial charge >= 0.3 is 0 Å². The van der Waals surface area contributed by atoms with Crippen LogP contribution in [0.3, 0.4) is 0 Å². The van der Waals surface area contributed by atoms with Gasteiger partial charge in [-0.1, -0.05) is 95.2 Å². The van der Waals surface area contributed by atoms with Crippen molar-refractivity contribution < 1.29 is 19.1 Å². The van der Waals surface area contributed by atoms with Gasteiger partial charge in [-0.05, 0) is 63.1 Å². The Morgan fingerprint density at radius 3 is 1.39 bits per heavy atom. The van der Waals surface area contributed by atoms with Crippen molar-refractivity contribution in [2.24, 2.45) is 0 Å². The lowest BCUT2D eigenvalue weighted by Gasteiger charge is -2.43. The Hall–Kier alpha value is -2.19. The minimum atomic E-state index is -2.23. The highest BCUT2D eigenvalue weighted by atomic mass is 28.4. The third-order valence-corrected chi connectivity index (χ3v) is 20.4. The third-order valence-electron chi connectivity index (χ3n) is 8.36. The van der Waals surface area contributed by atoms with Crippen LogP contribution in [0.5, 0.6) is 23.0 Å². The van der Waals surface area contributed by atoms with E-state index in [1.165, 1.54) is 6.07 Å². The van der Waals surface area contributed by atoms with Gasteiger partial charge in [-0.2, -0.15) is 0 Å². The molecule has 2 aromatic carbocycles. The molecule has 2 aromatic rings. The molecule has 0 aromatic heterocycles. The van der Waals surface area contributed by atoms with Crippen molar-refractivity contribution >= 4 is 28.8 Å². The molecule has 0 radical (unpaired) electrons. The number of rotatable bonds is 12. The van der Waals surface area contributed by atoms with Crippen molar-refractivity contribution in [3.8, 4) is 23.0 Å². The van der Waals surface area contributed by atoms with Crippen molar-refractivity contribution in [3.05, 3.63) is 47.5 Å². The smallest absolute Gasteiger partial charge is 0.258 e. The van der Waals surface area contributed by atoms with Crippen molar-refractivity contribution in [1.82, 2.24) is 0 Å². The molecule has 4 nitrogen and oxygen atoms in total. The maximum absolute atomic E-state index is 9.93. The highest BCUT2D eigenvalue weighted by Gasteiger charge is 2.48. The lowest BCUT2D eigenvalue weighted by Crippen LogP contribution is -2.51. The zero-order valence-corrected chi connectivity index (χ0v) is 27.8. The predicted octanol–water partition coefficient (Wildman–Crippen LogP) is 10.4. The molecule has 0 amide bonds. The minimum absolute atomic E-state index is 0.0353. The second kappa shape index (κ2) is 12.8. The molecule has 0 unspecified atom stereocenters. The average molecular weight is 557 g/mol. The molecular formula is C32H52O4Si2. The van der Waals surface area contributed by atoms with Crippen LogP contribution in [0, 0.1) is 0 Å². The highest BCUT2D eigenvalue weighted by Crippen LogP contribution is 2.46. The van der Waals surface area contributed by atoms with Crippen LogP contribution in [0.25, 0.3) is 12.2 Å². The molecule has 0 atom stereocenters. The van der Waals surface area contributed by atoms with Gasteiger partial charge in [-0.15, -0.1) is 0 Å². The monoisotopic (exact) mass is 556 g/mol. The van der Waals surface area contributed by atoms with Crippen LogP contribution in [0.15, 0.2) is 36.4 Å². The molecule has 0 heterocycles. The fourth-order valence-corrected chi connectivity index (χ4v) is 17.3. The third kappa shape index (κ3) is 6.68. The molecule has 2 rings (SSSR count). The maximum Gasteiger partial charge on any atom is 0.258 e. The lowest BCUT2D eigenvalue weighted by atomic mass is 10.1. The molecule has 6 heteroatoms. The Labute approximate surface area is 234 Å². The summed E-state index contributed by atoms with van der Waals surface area (Å²) >= 11 is 0. The number of aromatic hydroxyl groups is 2. The summed E-state index contributed by atoms with van der Waals surface area (Å²) < 4.78 is 14.3. The van der Waals surface area contributed by atoms with Crippen molar-refractivity contribution in [3.63, 3.8) is 0 Å². The van der Waals surface area contributed by atoms with E-state index in [2.05, 4.69) is 101 Å². The molecule has 0 aliphatic heterocycles. The Balaban J connectivity index is 2.70. The zero-order chi connectivity index (χ0) is 29.0. The van der Waals surface area contributed by atoms with E-state index in [4.69, 9.17) is 8.85 Å². The van der Waals surface area contributed by atoms with Crippen LogP contribution in [0.1, 0.15) is 94.2 Å². The van der Waals surface area contributed by atoms with Crippen LogP contribution in [0.4, 0.5) is 0 Å². The van der Waals surface area contributed by atoms with Crippen molar-refractivity contribution in [1.29, 1.82) is 0 Å². The van der Waals surface area contributed by atoms with Crippen LogP contribution >= 0.6 is 0 Å². The Kier molecular flexibility index (Phi) is 10.8. The fraction of sp³-hybridized carbons (Fsp3) is 0.562. The lowest BCUT2D eigenvalue weighted by molar-refractivity contribution is 0.450. The molecule has 0 aliphatic rings. The van der Waals surface area contributed by atoms with Gasteiger partial charge in [0.25, 0.3) is 16.6 Å². The normalized spacial score (nSPS) is 13.2. The van der Waals surface area contributed by atoms with E-state index in [0.717, 1.165) is 22.6 Å². The van der Waals surface area contributed by atoms with E-state index in [-0.39, 0.29) is 11.5 Å². The minimum Gasteiger partial charge on any atom is -0.543 e. The molecule has 0 spiro atoms. The first-order valence-corrected chi connectivity index (χ1v) is 18.6. The summed E-state index contributed by atoms with van der Waals surface area (Å²) in [5.41, 5.74) is 4.40. The van der Waals surface area contributed by atoms with Gasteiger partial charge < -0.3 is 19.1 Å². The first-order chi connectivity index (χ1) is 17.6. The SMILES string of the molecule is CC(C)[Si](Oc1ccc(/C=C/c2cc(O)cc(O)c2)c(O[Si](C(C)C)(C(C)C)C(C)C)c1)(C(C)C)C(C)C. The molecule has 38 heavy (non-hydrogen) atoms. The Morgan fingerprint density at radius 1 is 0.553 bits per heavy atom. The predicted molar refractivity (Wildman–Crippen MR) is 168 cm³/mol. The molecule has 0 aliphatic carbocycles. The summed E-state index contributed by atoms with van der Waals surface area (Å²) in [4.78, 5) is 0. The quantitative estimate of drug-likeness (QED) is 0.202. The molecule has 0 fully saturated rings. The van der Waals surface area contributed by atoms with Gasteiger partial charge in [0.2, 0.25) is 0 Å². The average Bonchev–Trinajstić information content (AvgIpc) is 2.78. The van der Waals surface area contributed by atoms with E-state index >= 15 is 0 Å². The van der Waals surface area contributed by atoms with Crippen molar-refractivity contribution in [2.45, 2.75) is 116 Å².